The zero-order valence-corrected chi connectivity index (χ0v) is 21.8. The quantitative estimate of drug-likeness (QED) is 0.313. The van der Waals surface area contributed by atoms with Crippen LogP contribution in [0.15, 0.2) is 48.5 Å². The minimum Gasteiger partial charge on any atom is -0.489 e. The van der Waals surface area contributed by atoms with Crippen LogP contribution < -0.4 is 14.8 Å². The minimum atomic E-state index is -4.20. The molecule has 1 saturated heterocycles. The van der Waals surface area contributed by atoms with Gasteiger partial charge in [0.2, 0.25) is 10.0 Å². The Morgan fingerprint density at radius 3 is 2.72 bits per heavy atom. The molecule has 3 rings (SSSR count). The minimum absolute atomic E-state index is 0.0000882. The van der Waals surface area contributed by atoms with Gasteiger partial charge in [0.1, 0.15) is 17.7 Å². The Morgan fingerprint density at radius 1 is 1.33 bits per heavy atom. The lowest BCUT2D eigenvalue weighted by atomic mass is 10.0. The van der Waals surface area contributed by atoms with Crippen molar-refractivity contribution in [1.82, 2.24) is 4.90 Å². The first-order valence-corrected chi connectivity index (χ1v) is 13.4. The number of anilines is 1. The first-order valence-electron chi connectivity index (χ1n) is 11.5. The highest BCUT2D eigenvalue weighted by atomic mass is 35.5. The van der Waals surface area contributed by atoms with Crippen LogP contribution in [-0.2, 0) is 14.8 Å². The van der Waals surface area contributed by atoms with E-state index in [2.05, 4.69) is 18.9 Å². The zero-order chi connectivity index (χ0) is 26.5. The van der Waals surface area contributed by atoms with Gasteiger partial charge in [0, 0.05) is 18.2 Å². The number of carbonyl (C=O) groups is 1. The predicted molar refractivity (Wildman–Crippen MR) is 142 cm³/mol. The van der Waals surface area contributed by atoms with E-state index in [0.29, 0.717) is 22.9 Å². The van der Waals surface area contributed by atoms with Crippen molar-refractivity contribution in [2.24, 2.45) is 5.73 Å². The fourth-order valence-corrected chi connectivity index (χ4v) is 5.42. The number of aliphatic carboxylic acids is 1. The number of halogens is 1. The molecule has 2 unspecified atom stereocenters. The van der Waals surface area contributed by atoms with Crippen molar-refractivity contribution in [3.05, 3.63) is 64.7 Å². The Hall–Kier alpha value is -3.08. The molecule has 2 aromatic carbocycles. The van der Waals surface area contributed by atoms with Crippen LogP contribution in [-0.4, -0.2) is 68.3 Å². The van der Waals surface area contributed by atoms with E-state index in [4.69, 9.17) is 32.6 Å². The molecule has 0 aromatic heterocycles. The van der Waals surface area contributed by atoms with Gasteiger partial charge in [-0.25, -0.2) is 8.42 Å². The van der Waals surface area contributed by atoms with Crippen LogP contribution in [0.4, 0.5) is 5.69 Å². The number of carboxylic acids is 1. The number of likely N-dealkylation sites (tertiary alicyclic amines) is 1. The largest absolute Gasteiger partial charge is 0.489 e. The van der Waals surface area contributed by atoms with E-state index >= 15 is 0 Å². The van der Waals surface area contributed by atoms with E-state index in [1.165, 1.54) is 6.07 Å². The number of piperidine rings is 1. The number of ether oxygens (including phenoxy) is 1. The molecule has 194 valence electrons. The Balaban J connectivity index is 1.83. The van der Waals surface area contributed by atoms with E-state index < -0.39 is 21.7 Å². The lowest BCUT2D eigenvalue weighted by molar-refractivity contribution is -0.134. The summed E-state index contributed by atoms with van der Waals surface area (Å²) in [5, 5.41) is 16.9. The number of nitrogens with one attached hydrogen (secondary N) is 1. The van der Waals surface area contributed by atoms with Gasteiger partial charge in [-0.2, -0.15) is 0 Å². The topological polar surface area (TPSA) is 137 Å². The second-order valence-electron chi connectivity index (χ2n) is 8.83. The van der Waals surface area contributed by atoms with Crippen LogP contribution in [0.2, 0.25) is 5.02 Å². The Labute approximate surface area is 216 Å². The second-order valence-corrected chi connectivity index (χ2v) is 11.1. The standard InChI is InChI=1S/C25H31ClN4O5S/c1-17-13-21(10-12-29(17)2)35-23-9-8-20(15-22(23)26)30(36(33,34)16-24(31)32)11-4-6-18-5-3-7-19(14-18)25(27)28/h3-9,14-15,17,21H,10-13,16H2,1-2H3,(H3,27,28)(H,31,32)/b6-4+. The van der Waals surface area contributed by atoms with Gasteiger partial charge in [0.05, 0.1) is 17.3 Å². The maximum Gasteiger partial charge on any atom is 0.320 e. The number of amidine groups is 1. The molecular weight excluding hydrogens is 504 g/mol. The van der Waals surface area contributed by atoms with Gasteiger partial charge in [-0.05, 0) is 56.6 Å². The molecule has 1 aliphatic rings. The van der Waals surface area contributed by atoms with E-state index in [-0.39, 0.29) is 29.2 Å². The summed E-state index contributed by atoms with van der Waals surface area (Å²) in [4.78, 5) is 13.5. The third-order valence-electron chi connectivity index (χ3n) is 6.08. The maximum atomic E-state index is 12.9. The molecule has 11 heteroatoms. The van der Waals surface area contributed by atoms with Gasteiger partial charge in [-0.3, -0.25) is 14.5 Å². The molecule has 0 spiro atoms. The first-order chi connectivity index (χ1) is 17.0. The zero-order valence-electron chi connectivity index (χ0n) is 20.2. The summed E-state index contributed by atoms with van der Waals surface area (Å²) < 4.78 is 32.9. The van der Waals surface area contributed by atoms with Crippen LogP contribution in [0.25, 0.3) is 6.08 Å². The lowest BCUT2D eigenvalue weighted by Gasteiger charge is -2.35. The average molecular weight is 535 g/mol. The highest BCUT2D eigenvalue weighted by Crippen LogP contribution is 2.33. The van der Waals surface area contributed by atoms with Crippen molar-refractivity contribution in [2.45, 2.75) is 31.9 Å². The molecule has 1 aliphatic heterocycles. The summed E-state index contributed by atoms with van der Waals surface area (Å²) in [5.41, 5.74) is 7.01. The SMILES string of the molecule is CC1CC(Oc2ccc(N(C/C=C/c3cccc(C(=N)N)c3)S(=O)(=O)CC(=O)O)cc2Cl)CCN1C. The molecule has 1 fully saturated rings. The van der Waals surface area contributed by atoms with Gasteiger partial charge in [-0.15, -0.1) is 0 Å². The highest BCUT2D eigenvalue weighted by Gasteiger charge is 2.27. The van der Waals surface area contributed by atoms with Crippen molar-refractivity contribution in [3.8, 4) is 5.75 Å². The number of benzene rings is 2. The third-order valence-corrected chi connectivity index (χ3v) is 8.02. The molecular formula is C25H31ClN4O5S. The van der Waals surface area contributed by atoms with Crippen LogP contribution >= 0.6 is 11.6 Å². The fourth-order valence-electron chi connectivity index (χ4n) is 3.98. The van der Waals surface area contributed by atoms with Gasteiger partial charge in [-0.1, -0.05) is 42.0 Å². The van der Waals surface area contributed by atoms with Crippen LogP contribution in [0.3, 0.4) is 0 Å². The molecule has 0 amide bonds. The van der Waals surface area contributed by atoms with Crippen molar-refractivity contribution in [3.63, 3.8) is 0 Å². The maximum absolute atomic E-state index is 12.9. The molecule has 2 aromatic rings. The van der Waals surface area contributed by atoms with Gasteiger partial charge < -0.3 is 20.5 Å². The number of hydrogen-bond donors (Lipinski definition) is 3. The fraction of sp³-hybridized carbons (Fsp3) is 0.360. The van der Waals surface area contributed by atoms with Crippen molar-refractivity contribution >= 4 is 45.2 Å². The molecule has 0 bridgehead atoms. The second kappa shape index (κ2) is 11.8. The van der Waals surface area contributed by atoms with Crippen LogP contribution in [0.5, 0.6) is 5.75 Å². The molecule has 1 heterocycles. The lowest BCUT2D eigenvalue weighted by Crippen LogP contribution is -2.41. The molecule has 9 nitrogen and oxygen atoms in total. The third kappa shape index (κ3) is 7.22. The number of rotatable bonds is 10. The van der Waals surface area contributed by atoms with Crippen LogP contribution in [0.1, 0.15) is 30.9 Å². The molecule has 0 radical (unpaired) electrons. The molecule has 0 aliphatic carbocycles. The average Bonchev–Trinajstić information content (AvgIpc) is 2.80. The number of nitrogen functional groups attached to an aromatic ring is 1. The normalized spacial score (nSPS) is 18.8. The molecule has 4 N–H and O–H groups in total. The Morgan fingerprint density at radius 2 is 2.08 bits per heavy atom. The van der Waals surface area contributed by atoms with Gasteiger partial charge in [0.15, 0.2) is 5.75 Å². The van der Waals surface area contributed by atoms with Crippen molar-refractivity contribution in [2.75, 3.05) is 30.2 Å². The van der Waals surface area contributed by atoms with E-state index in [0.717, 1.165) is 23.7 Å². The van der Waals surface area contributed by atoms with Crippen molar-refractivity contribution < 1.29 is 23.1 Å². The predicted octanol–water partition coefficient (Wildman–Crippen LogP) is 3.42. The highest BCUT2D eigenvalue weighted by molar-refractivity contribution is 7.93. The number of nitrogens with zero attached hydrogens (tertiary/aromatic N) is 2. The van der Waals surface area contributed by atoms with Gasteiger partial charge >= 0.3 is 5.97 Å². The van der Waals surface area contributed by atoms with E-state index in [9.17, 15) is 13.2 Å². The number of hydrogen-bond acceptors (Lipinski definition) is 6. The Bertz CT molecular complexity index is 1250. The first kappa shape index (κ1) is 27.5. The summed E-state index contributed by atoms with van der Waals surface area (Å²) in [7, 11) is -2.12. The van der Waals surface area contributed by atoms with E-state index in [1.54, 1.807) is 48.6 Å². The van der Waals surface area contributed by atoms with E-state index in [1.807, 2.05) is 0 Å². The summed E-state index contributed by atoms with van der Waals surface area (Å²) >= 11 is 6.47. The number of carboxylic acid groups (broad SMARTS) is 1. The van der Waals surface area contributed by atoms with Crippen molar-refractivity contribution in [1.29, 1.82) is 5.41 Å². The Kier molecular flexibility index (Phi) is 8.99. The van der Waals surface area contributed by atoms with Crippen LogP contribution in [0, 0.1) is 5.41 Å². The summed E-state index contributed by atoms with van der Waals surface area (Å²) in [5.74, 6) is -2.15. The monoisotopic (exact) mass is 534 g/mol. The van der Waals surface area contributed by atoms with Gasteiger partial charge in [0.25, 0.3) is 0 Å². The smallest absolute Gasteiger partial charge is 0.320 e. The number of sulfonamides is 1. The summed E-state index contributed by atoms with van der Waals surface area (Å²) in [6.45, 7) is 2.92. The molecule has 36 heavy (non-hydrogen) atoms. The summed E-state index contributed by atoms with van der Waals surface area (Å²) in [6, 6.07) is 11.9. The summed E-state index contributed by atoms with van der Waals surface area (Å²) in [6.07, 6.45) is 4.98. The molecule has 2 atom stereocenters. The molecule has 0 saturated carbocycles. The number of nitrogens with two attached hydrogens (primary N) is 1.